The third-order valence-corrected chi connectivity index (χ3v) is 6.64. The van der Waals surface area contributed by atoms with Crippen molar-refractivity contribution in [3.8, 4) is 23.2 Å². The molecule has 2 aromatic heterocycles. The van der Waals surface area contributed by atoms with Gasteiger partial charge in [-0.1, -0.05) is 12.1 Å². The van der Waals surface area contributed by atoms with Crippen LogP contribution in [0.2, 0.25) is 0 Å². The van der Waals surface area contributed by atoms with Crippen molar-refractivity contribution in [3.05, 3.63) is 64.1 Å². The second kappa shape index (κ2) is 7.81. The predicted octanol–water partition coefficient (Wildman–Crippen LogP) is 3.08. The molecule has 3 aromatic rings. The standard InChI is InChI=1S/C22H20N6O2S/c1-22(17-8-15(12-31-17)14-6-4-5-13(7-14)9-23)18(19(29)28(2)20(24)27-22)16-10-25-21(30-3)26-11-16/h4-8,10-12,18H,1-3H3,(H2,24,27)/t18?,22-/m1/s1. The number of guanidine groups is 1. The number of ether oxygens (including phenoxy) is 1. The lowest BCUT2D eigenvalue weighted by Gasteiger charge is -2.44. The Kier molecular flexibility index (Phi) is 5.17. The molecule has 8 nitrogen and oxygen atoms in total. The Bertz CT molecular complexity index is 1200. The average molecular weight is 433 g/mol. The number of rotatable bonds is 4. The summed E-state index contributed by atoms with van der Waals surface area (Å²) in [6.45, 7) is 1.91. The molecular weight excluding hydrogens is 412 g/mol. The number of nitriles is 1. The van der Waals surface area contributed by atoms with Crippen molar-refractivity contribution < 1.29 is 9.53 Å². The van der Waals surface area contributed by atoms with E-state index in [4.69, 9.17) is 10.1 Å². The van der Waals surface area contributed by atoms with E-state index < -0.39 is 11.5 Å². The molecule has 2 N–H and O–H groups in total. The van der Waals surface area contributed by atoms with Crippen LogP contribution in [0, 0.1) is 16.7 Å². The molecule has 0 radical (unpaired) electrons. The summed E-state index contributed by atoms with van der Waals surface area (Å²) in [6.07, 6.45) is 3.17. The fourth-order valence-electron chi connectivity index (χ4n) is 3.74. The van der Waals surface area contributed by atoms with Gasteiger partial charge in [0.15, 0.2) is 5.96 Å². The van der Waals surface area contributed by atoms with Gasteiger partial charge in [-0.2, -0.15) is 5.26 Å². The van der Waals surface area contributed by atoms with Crippen LogP contribution < -0.4 is 10.1 Å². The lowest BCUT2D eigenvalue weighted by atomic mass is 9.77. The first-order chi connectivity index (χ1) is 14.9. The van der Waals surface area contributed by atoms with Gasteiger partial charge in [-0.05, 0) is 41.6 Å². The number of nitrogens with zero attached hydrogens (tertiary/aromatic N) is 4. The first-order valence-corrected chi connectivity index (χ1v) is 10.3. The van der Waals surface area contributed by atoms with Gasteiger partial charge >= 0.3 is 6.01 Å². The molecular formula is C22H20N6O2S. The second-order valence-corrected chi connectivity index (χ2v) is 8.31. The smallest absolute Gasteiger partial charge is 0.316 e. The van der Waals surface area contributed by atoms with Crippen LogP contribution in [0.1, 0.15) is 28.8 Å². The zero-order valence-corrected chi connectivity index (χ0v) is 18.0. The van der Waals surface area contributed by atoms with Gasteiger partial charge in [0, 0.05) is 29.9 Å². The largest absolute Gasteiger partial charge is 0.467 e. The number of hydrogen-bond acceptors (Lipinski definition) is 7. The lowest BCUT2D eigenvalue weighted by molar-refractivity contribution is -0.131. The number of aromatic nitrogens is 2. The molecule has 156 valence electrons. The van der Waals surface area contributed by atoms with E-state index in [1.54, 1.807) is 25.5 Å². The molecule has 31 heavy (non-hydrogen) atoms. The second-order valence-electron chi connectivity index (χ2n) is 7.40. The molecule has 9 heteroatoms. The Morgan fingerprint density at radius 3 is 2.71 bits per heavy atom. The number of carbonyl (C=O) groups excluding carboxylic acids is 1. The topological polar surface area (TPSA) is 115 Å². The molecule has 4 rings (SSSR count). The molecule has 1 fully saturated rings. The summed E-state index contributed by atoms with van der Waals surface area (Å²) in [5.74, 6) is -0.837. The van der Waals surface area contributed by atoms with Crippen molar-refractivity contribution in [3.63, 3.8) is 0 Å². The van der Waals surface area contributed by atoms with E-state index in [1.165, 1.54) is 23.3 Å². The maximum absolute atomic E-state index is 13.3. The molecule has 0 saturated carbocycles. The average Bonchev–Trinajstić information content (AvgIpc) is 3.29. The number of hydrogen-bond donors (Lipinski definition) is 2. The van der Waals surface area contributed by atoms with Gasteiger partial charge in [-0.15, -0.1) is 11.3 Å². The monoisotopic (exact) mass is 432 g/mol. The molecule has 1 amide bonds. The molecule has 0 aliphatic carbocycles. The maximum Gasteiger partial charge on any atom is 0.316 e. The first-order valence-electron chi connectivity index (χ1n) is 9.47. The van der Waals surface area contributed by atoms with E-state index in [0.29, 0.717) is 11.1 Å². The Labute approximate surface area is 183 Å². The fourth-order valence-corrected chi connectivity index (χ4v) is 4.81. The van der Waals surface area contributed by atoms with Crippen LogP contribution in [-0.4, -0.2) is 40.9 Å². The number of methoxy groups -OCH3 is 1. The van der Waals surface area contributed by atoms with E-state index in [2.05, 4.69) is 21.4 Å². The summed E-state index contributed by atoms with van der Waals surface area (Å²) < 4.78 is 5.04. The first kappa shape index (κ1) is 20.5. The molecule has 0 spiro atoms. The van der Waals surface area contributed by atoms with Gasteiger partial charge in [0.25, 0.3) is 0 Å². The summed E-state index contributed by atoms with van der Waals surface area (Å²) in [5.41, 5.74) is 2.20. The molecule has 1 aromatic carbocycles. The minimum atomic E-state index is -0.881. The highest BCUT2D eigenvalue weighted by molar-refractivity contribution is 7.10. The van der Waals surface area contributed by atoms with Crippen LogP contribution >= 0.6 is 11.3 Å². The van der Waals surface area contributed by atoms with Crippen LogP contribution in [-0.2, 0) is 10.3 Å². The molecule has 1 unspecified atom stereocenters. The third kappa shape index (κ3) is 3.51. The minimum absolute atomic E-state index is 0.0274. The summed E-state index contributed by atoms with van der Waals surface area (Å²) in [6, 6.07) is 11.8. The number of amides is 1. The van der Waals surface area contributed by atoms with Crippen LogP contribution in [0.25, 0.3) is 11.1 Å². The number of carbonyl (C=O) groups is 1. The number of thiophene rings is 1. The Morgan fingerprint density at radius 2 is 2.03 bits per heavy atom. The van der Waals surface area contributed by atoms with E-state index >= 15 is 0 Å². The lowest BCUT2D eigenvalue weighted by Crippen LogP contribution is -2.62. The Morgan fingerprint density at radius 1 is 1.29 bits per heavy atom. The highest BCUT2D eigenvalue weighted by atomic mass is 32.1. The molecule has 0 bridgehead atoms. The van der Waals surface area contributed by atoms with Crippen molar-refractivity contribution in [2.45, 2.75) is 18.4 Å². The van der Waals surface area contributed by atoms with Crippen molar-refractivity contribution in [1.29, 1.82) is 10.7 Å². The molecule has 1 aliphatic rings. The van der Waals surface area contributed by atoms with E-state index in [1.807, 2.05) is 36.6 Å². The quantitative estimate of drug-likeness (QED) is 0.655. The summed E-state index contributed by atoms with van der Waals surface area (Å²) in [5, 5.41) is 22.7. The van der Waals surface area contributed by atoms with E-state index in [9.17, 15) is 10.1 Å². The van der Waals surface area contributed by atoms with Crippen LogP contribution in [0.5, 0.6) is 6.01 Å². The minimum Gasteiger partial charge on any atom is -0.467 e. The van der Waals surface area contributed by atoms with Gasteiger partial charge in [0.2, 0.25) is 5.91 Å². The third-order valence-electron chi connectivity index (χ3n) is 5.47. The molecule has 1 aliphatic heterocycles. The normalized spacial score (nSPS) is 20.8. The van der Waals surface area contributed by atoms with Crippen molar-refractivity contribution >= 4 is 23.2 Å². The SMILES string of the molecule is COc1ncc(C2C(=O)N(C)C(=N)N[C@]2(C)c2cc(-c3cccc(C#N)c3)cs2)cn1. The fraction of sp³-hybridized carbons (Fsp3) is 0.227. The highest BCUT2D eigenvalue weighted by Crippen LogP contribution is 2.44. The van der Waals surface area contributed by atoms with E-state index in [-0.39, 0.29) is 17.9 Å². The van der Waals surface area contributed by atoms with Crippen molar-refractivity contribution in [1.82, 2.24) is 20.2 Å². The summed E-state index contributed by atoms with van der Waals surface area (Å²) in [7, 11) is 3.05. The Hall–Kier alpha value is -3.77. The van der Waals surface area contributed by atoms with Gasteiger partial charge in [-0.25, -0.2) is 9.97 Å². The number of benzene rings is 1. The van der Waals surface area contributed by atoms with Crippen molar-refractivity contribution in [2.75, 3.05) is 14.2 Å². The highest BCUT2D eigenvalue weighted by Gasteiger charge is 2.49. The van der Waals surface area contributed by atoms with Crippen LogP contribution in [0.15, 0.2) is 48.1 Å². The van der Waals surface area contributed by atoms with Gasteiger partial charge in [0.1, 0.15) is 0 Å². The number of likely N-dealkylation sites (N-methyl/N-ethyl adjacent to an activating group) is 1. The zero-order chi connectivity index (χ0) is 22.2. The maximum atomic E-state index is 13.3. The predicted molar refractivity (Wildman–Crippen MR) is 117 cm³/mol. The Balaban J connectivity index is 1.79. The zero-order valence-electron chi connectivity index (χ0n) is 17.2. The van der Waals surface area contributed by atoms with E-state index in [0.717, 1.165) is 16.0 Å². The van der Waals surface area contributed by atoms with Crippen molar-refractivity contribution in [2.24, 2.45) is 0 Å². The van der Waals surface area contributed by atoms with Gasteiger partial charge in [0.05, 0.1) is 30.2 Å². The molecule has 2 atom stereocenters. The van der Waals surface area contributed by atoms with Crippen LogP contribution in [0.3, 0.4) is 0 Å². The van der Waals surface area contributed by atoms with Crippen LogP contribution in [0.4, 0.5) is 0 Å². The summed E-state index contributed by atoms with van der Waals surface area (Å²) in [4.78, 5) is 23.8. The van der Waals surface area contributed by atoms with Gasteiger partial charge < -0.3 is 10.1 Å². The number of nitrogens with one attached hydrogen (secondary N) is 2. The molecule has 1 saturated heterocycles. The van der Waals surface area contributed by atoms with Gasteiger partial charge in [-0.3, -0.25) is 15.1 Å². The molecule has 3 heterocycles. The summed E-state index contributed by atoms with van der Waals surface area (Å²) >= 11 is 1.50.